The monoisotopic (exact) mass is 421 g/mol. The van der Waals surface area contributed by atoms with E-state index in [1.54, 1.807) is 23.9 Å². The van der Waals surface area contributed by atoms with Crippen LogP contribution in [0.4, 0.5) is 11.4 Å². The number of thioether (sulfide) groups is 1. The van der Waals surface area contributed by atoms with Crippen molar-refractivity contribution in [1.82, 2.24) is 5.32 Å². The zero-order chi connectivity index (χ0) is 21.0. The van der Waals surface area contributed by atoms with E-state index in [9.17, 15) is 14.4 Å². The normalized spacial score (nSPS) is 29.5. The molecule has 0 aliphatic carbocycles. The Labute approximate surface area is 179 Å². The van der Waals surface area contributed by atoms with Gasteiger partial charge in [0.15, 0.2) is 0 Å². The molecule has 5 rings (SSSR count). The van der Waals surface area contributed by atoms with E-state index in [4.69, 9.17) is 0 Å². The summed E-state index contributed by atoms with van der Waals surface area (Å²) in [4.78, 5) is 41.8. The first-order valence-electron chi connectivity index (χ1n) is 10.1. The number of anilines is 2. The summed E-state index contributed by atoms with van der Waals surface area (Å²) in [6.07, 6.45) is 2.72. The van der Waals surface area contributed by atoms with Crippen molar-refractivity contribution >= 4 is 40.9 Å². The van der Waals surface area contributed by atoms with Crippen LogP contribution in [0.25, 0.3) is 0 Å². The molecule has 154 valence electrons. The number of imide groups is 1. The Morgan fingerprint density at radius 2 is 1.77 bits per heavy atom. The molecule has 4 atom stereocenters. The molecule has 7 heteroatoms. The molecule has 2 saturated heterocycles. The molecule has 2 fully saturated rings. The van der Waals surface area contributed by atoms with E-state index in [0.717, 1.165) is 16.9 Å². The summed E-state index contributed by atoms with van der Waals surface area (Å²) in [6.45, 7) is 1.96. The fraction of sp³-hybridized carbons (Fsp3) is 0.348. The van der Waals surface area contributed by atoms with Crippen molar-refractivity contribution in [2.24, 2.45) is 11.8 Å². The van der Waals surface area contributed by atoms with E-state index in [1.165, 1.54) is 4.90 Å². The maximum Gasteiger partial charge on any atom is 0.250 e. The second-order valence-electron chi connectivity index (χ2n) is 8.19. The molecule has 30 heavy (non-hydrogen) atoms. The van der Waals surface area contributed by atoms with Gasteiger partial charge in [-0.05, 0) is 43.6 Å². The average Bonchev–Trinajstić information content (AvgIpc) is 3.32. The van der Waals surface area contributed by atoms with Crippen molar-refractivity contribution in [2.75, 3.05) is 22.2 Å². The molecule has 0 radical (unpaired) electrons. The van der Waals surface area contributed by atoms with E-state index in [0.29, 0.717) is 17.8 Å². The summed E-state index contributed by atoms with van der Waals surface area (Å²) in [5.41, 5.74) is 1.86. The highest BCUT2D eigenvalue weighted by atomic mass is 32.2. The number of amides is 3. The molecular formula is C23H23N3O3S. The van der Waals surface area contributed by atoms with Gasteiger partial charge >= 0.3 is 0 Å². The van der Waals surface area contributed by atoms with Gasteiger partial charge in [0.2, 0.25) is 17.7 Å². The number of fused-ring (bicyclic) bond motifs is 4. The molecule has 3 aliphatic heterocycles. The summed E-state index contributed by atoms with van der Waals surface area (Å²) < 4.78 is 0. The van der Waals surface area contributed by atoms with E-state index < -0.39 is 17.4 Å². The van der Waals surface area contributed by atoms with Crippen molar-refractivity contribution < 1.29 is 14.4 Å². The van der Waals surface area contributed by atoms with E-state index in [-0.39, 0.29) is 23.8 Å². The molecule has 0 bridgehead atoms. The number of carbonyl (C=O) groups is 3. The van der Waals surface area contributed by atoms with Gasteiger partial charge in [-0.1, -0.05) is 35.9 Å². The average molecular weight is 422 g/mol. The zero-order valence-electron chi connectivity index (χ0n) is 16.8. The fourth-order valence-electron chi connectivity index (χ4n) is 5.20. The molecule has 3 heterocycles. The third-order valence-electron chi connectivity index (χ3n) is 6.55. The van der Waals surface area contributed by atoms with Crippen LogP contribution < -0.4 is 15.5 Å². The predicted molar refractivity (Wildman–Crippen MR) is 117 cm³/mol. The van der Waals surface area contributed by atoms with Gasteiger partial charge < -0.3 is 5.32 Å². The van der Waals surface area contributed by atoms with Crippen molar-refractivity contribution in [3.05, 3.63) is 59.7 Å². The molecule has 1 spiro atoms. The smallest absolute Gasteiger partial charge is 0.250 e. The highest BCUT2D eigenvalue weighted by molar-refractivity contribution is 7.98. The standard InChI is InChI=1S/C23H23N3O3S/c1-13-7-9-14(10-8-13)26-20(27)18-17(11-12-30-2)25-23(19(18)21(26)28)15-5-3-4-6-16(15)24-22(23)29/h3-10,17-19,25H,11-12H2,1-2H3,(H,24,29)/t17-,18+,19-,23?/m0/s1. The molecule has 0 aromatic heterocycles. The first kappa shape index (κ1) is 19.3. The lowest BCUT2D eigenvalue weighted by Gasteiger charge is -2.29. The number of hydrogen-bond acceptors (Lipinski definition) is 5. The molecule has 2 aromatic carbocycles. The predicted octanol–water partition coefficient (Wildman–Crippen LogP) is 2.67. The third kappa shape index (κ3) is 2.51. The van der Waals surface area contributed by atoms with Crippen LogP contribution >= 0.6 is 11.8 Å². The van der Waals surface area contributed by atoms with Crippen molar-refractivity contribution in [1.29, 1.82) is 0 Å². The second kappa shape index (κ2) is 6.96. The van der Waals surface area contributed by atoms with Gasteiger partial charge in [0.1, 0.15) is 5.54 Å². The summed E-state index contributed by atoms with van der Waals surface area (Å²) in [5.74, 6) is -1.27. The first-order valence-corrected chi connectivity index (χ1v) is 11.5. The molecular weight excluding hydrogens is 398 g/mol. The topological polar surface area (TPSA) is 78.5 Å². The van der Waals surface area contributed by atoms with Gasteiger partial charge in [0.25, 0.3) is 0 Å². The fourth-order valence-corrected chi connectivity index (χ4v) is 5.69. The Morgan fingerprint density at radius 1 is 1.03 bits per heavy atom. The van der Waals surface area contributed by atoms with Gasteiger partial charge in [-0.3, -0.25) is 19.7 Å². The van der Waals surface area contributed by atoms with E-state index in [2.05, 4.69) is 10.6 Å². The molecule has 0 saturated carbocycles. The number of para-hydroxylation sites is 1. The maximum absolute atomic E-state index is 13.7. The Bertz CT molecular complexity index is 1050. The van der Waals surface area contributed by atoms with Crippen LogP contribution in [0.15, 0.2) is 48.5 Å². The van der Waals surface area contributed by atoms with Crippen LogP contribution in [-0.2, 0) is 19.9 Å². The van der Waals surface area contributed by atoms with Gasteiger partial charge in [0.05, 0.1) is 17.5 Å². The summed E-state index contributed by atoms with van der Waals surface area (Å²) in [6, 6.07) is 14.6. The van der Waals surface area contributed by atoms with Crippen LogP contribution in [0.5, 0.6) is 0 Å². The largest absolute Gasteiger partial charge is 0.324 e. The lowest BCUT2D eigenvalue weighted by atomic mass is 9.76. The molecule has 3 aliphatic rings. The van der Waals surface area contributed by atoms with Gasteiger partial charge in [0, 0.05) is 17.3 Å². The van der Waals surface area contributed by atoms with Crippen LogP contribution in [0.1, 0.15) is 17.5 Å². The van der Waals surface area contributed by atoms with Gasteiger partial charge in [-0.15, -0.1) is 0 Å². The van der Waals surface area contributed by atoms with Crippen molar-refractivity contribution in [3.63, 3.8) is 0 Å². The minimum atomic E-state index is -1.21. The number of nitrogens with one attached hydrogen (secondary N) is 2. The zero-order valence-corrected chi connectivity index (χ0v) is 17.7. The number of aryl methyl sites for hydroxylation is 1. The van der Waals surface area contributed by atoms with Crippen LogP contribution in [0, 0.1) is 18.8 Å². The van der Waals surface area contributed by atoms with Crippen LogP contribution in [0.3, 0.4) is 0 Å². The SMILES string of the molecule is CSCC[C@@H]1NC2(C(=O)Nc3ccccc32)[C@@H]2C(=O)N(c3ccc(C)cc3)C(=O)[C@H]12. The number of carbonyl (C=O) groups excluding carboxylic acids is 3. The molecule has 2 aromatic rings. The van der Waals surface area contributed by atoms with Crippen molar-refractivity contribution in [2.45, 2.75) is 24.9 Å². The summed E-state index contributed by atoms with van der Waals surface area (Å²) in [5, 5.41) is 6.39. The summed E-state index contributed by atoms with van der Waals surface area (Å²) in [7, 11) is 0. The summed E-state index contributed by atoms with van der Waals surface area (Å²) >= 11 is 1.69. The minimum absolute atomic E-state index is 0.221. The minimum Gasteiger partial charge on any atom is -0.324 e. The molecule has 1 unspecified atom stereocenters. The third-order valence-corrected chi connectivity index (χ3v) is 7.19. The lowest BCUT2D eigenvalue weighted by molar-refractivity contribution is -0.130. The first-order chi connectivity index (χ1) is 14.5. The highest BCUT2D eigenvalue weighted by Gasteiger charge is 2.70. The molecule has 2 N–H and O–H groups in total. The number of rotatable bonds is 4. The maximum atomic E-state index is 13.7. The van der Waals surface area contributed by atoms with E-state index in [1.807, 2.05) is 49.6 Å². The molecule has 6 nitrogen and oxygen atoms in total. The van der Waals surface area contributed by atoms with Crippen LogP contribution in [0.2, 0.25) is 0 Å². The Hall–Kier alpha value is -2.64. The highest BCUT2D eigenvalue weighted by Crippen LogP contribution is 2.53. The Balaban J connectivity index is 1.64. The number of nitrogens with zero attached hydrogens (tertiary/aromatic N) is 1. The van der Waals surface area contributed by atoms with Gasteiger partial charge in [-0.2, -0.15) is 11.8 Å². The van der Waals surface area contributed by atoms with Gasteiger partial charge in [-0.25, -0.2) is 4.90 Å². The number of benzene rings is 2. The van der Waals surface area contributed by atoms with E-state index >= 15 is 0 Å². The lowest BCUT2D eigenvalue weighted by Crippen LogP contribution is -2.53. The number of hydrogen-bond donors (Lipinski definition) is 2. The Morgan fingerprint density at radius 3 is 2.50 bits per heavy atom. The quantitative estimate of drug-likeness (QED) is 0.742. The second-order valence-corrected chi connectivity index (χ2v) is 9.18. The van der Waals surface area contributed by atoms with Crippen LogP contribution in [-0.4, -0.2) is 35.8 Å². The molecule has 3 amide bonds. The van der Waals surface area contributed by atoms with Crippen molar-refractivity contribution in [3.8, 4) is 0 Å². The Kier molecular flexibility index (Phi) is 4.48.